The van der Waals surface area contributed by atoms with Crippen LogP contribution in [0.4, 0.5) is 0 Å². The van der Waals surface area contributed by atoms with Gasteiger partial charge in [-0.05, 0) is 13.3 Å². The minimum atomic E-state index is -1.04. The molecule has 1 rings (SSSR count). The van der Waals surface area contributed by atoms with Crippen molar-refractivity contribution in [3.05, 3.63) is 12.3 Å². The molecule has 6 nitrogen and oxygen atoms in total. The number of aliphatic hydroxyl groups excluding tert-OH is 1. The number of aliphatic carboxylic acids is 1. The van der Waals surface area contributed by atoms with E-state index >= 15 is 0 Å². The van der Waals surface area contributed by atoms with Crippen LogP contribution >= 0.6 is 0 Å². The number of carboxylic acids is 1. The Morgan fingerprint density at radius 1 is 1.47 bits per heavy atom. The van der Waals surface area contributed by atoms with E-state index in [1.807, 2.05) is 0 Å². The van der Waals surface area contributed by atoms with Crippen LogP contribution in [0.3, 0.4) is 0 Å². The van der Waals surface area contributed by atoms with Crippen LogP contribution in [0.5, 0.6) is 0 Å². The summed E-state index contributed by atoms with van der Waals surface area (Å²) in [5.41, 5.74) is 0. The molecule has 0 aromatic rings. The van der Waals surface area contributed by atoms with Crippen LogP contribution in [0, 0.1) is 5.92 Å². The number of carboxylic acid groups (broad SMARTS) is 1. The van der Waals surface area contributed by atoms with Crippen LogP contribution in [0.1, 0.15) is 32.6 Å². The topological polar surface area (TPSA) is 93.1 Å². The fourth-order valence-corrected chi connectivity index (χ4v) is 1.96. The molecule has 1 aliphatic rings. The van der Waals surface area contributed by atoms with Crippen molar-refractivity contribution < 1.29 is 29.3 Å². The Labute approximate surface area is 112 Å². The Morgan fingerprint density at radius 2 is 2.16 bits per heavy atom. The van der Waals surface area contributed by atoms with Crippen LogP contribution in [0.2, 0.25) is 0 Å². The summed E-state index contributed by atoms with van der Waals surface area (Å²) in [4.78, 5) is 21.6. The average Bonchev–Trinajstić information content (AvgIpc) is 2.44. The number of hydrogen-bond donors (Lipinski definition) is 2. The molecular formula is C13H20O6. The van der Waals surface area contributed by atoms with Crippen molar-refractivity contribution in [1.82, 2.24) is 0 Å². The summed E-state index contributed by atoms with van der Waals surface area (Å²) in [6, 6.07) is 0. The van der Waals surface area contributed by atoms with Gasteiger partial charge in [-0.2, -0.15) is 0 Å². The first-order valence-electron chi connectivity index (χ1n) is 6.30. The summed E-state index contributed by atoms with van der Waals surface area (Å²) in [5, 5.41) is 18.4. The highest BCUT2D eigenvalue weighted by Gasteiger charge is 2.31. The third kappa shape index (κ3) is 5.30. The lowest BCUT2D eigenvalue weighted by Crippen LogP contribution is -2.34. The molecule has 1 saturated heterocycles. The number of allylic oxidation sites excluding steroid dienone is 1. The van der Waals surface area contributed by atoms with Crippen LogP contribution in [-0.4, -0.2) is 41.0 Å². The van der Waals surface area contributed by atoms with Crippen molar-refractivity contribution in [3.63, 3.8) is 0 Å². The molecule has 1 aliphatic heterocycles. The Hall–Kier alpha value is -1.56. The molecule has 0 aromatic heterocycles. The molecule has 0 bridgehead atoms. The Morgan fingerprint density at radius 3 is 2.79 bits per heavy atom. The monoisotopic (exact) mass is 272 g/mol. The molecule has 0 aliphatic carbocycles. The summed E-state index contributed by atoms with van der Waals surface area (Å²) >= 11 is 0. The number of rotatable bonds is 5. The largest absolute Gasteiger partial charge is 0.495 e. The normalized spacial score (nSPS) is 27.3. The predicted octanol–water partition coefficient (Wildman–Crippen LogP) is 1.08. The van der Waals surface area contributed by atoms with Gasteiger partial charge in [0.1, 0.15) is 12.7 Å². The quantitative estimate of drug-likeness (QED) is 0.727. The number of carbonyl (C=O) groups is 2. The molecule has 1 fully saturated rings. The van der Waals surface area contributed by atoms with E-state index in [2.05, 4.69) is 6.58 Å². The molecule has 6 heteroatoms. The second-order valence-electron chi connectivity index (χ2n) is 4.71. The fourth-order valence-electron chi connectivity index (χ4n) is 1.96. The average molecular weight is 272 g/mol. The number of hydrogen-bond acceptors (Lipinski definition) is 5. The maximum Gasteiger partial charge on any atom is 0.306 e. The zero-order valence-electron chi connectivity index (χ0n) is 11.0. The van der Waals surface area contributed by atoms with Crippen LogP contribution < -0.4 is 0 Å². The molecule has 0 aromatic carbocycles. The maximum absolute atomic E-state index is 11.3. The number of carbonyl (C=O) groups excluding carboxylic acids is 1. The van der Waals surface area contributed by atoms with Gasteiger partial charge in [-0.3, -0.25) is 9.59 Å². The van der Waals surface area contributed by atoms with Gasteiger partial charge < -0.3 is 19.7 Å². The molecule has 0 saturated carbocycles. The fraction of sp³-hybridized carbons (Fsp3) is 0.692. The van der Waals surface area contributed by atoms with Gasteiger partial charge in [-0.1, -0.05) is 6.58 Å². The van der Waals surface area contributed by atoms with Crippen molar-refractivity contribution in [2.75, 3.05) is 6.61 Å². The predicted molar refractivity (Wildman–Crippen MR) is 66.2 cm³/mol. The van der Waals surface area contributed by atoms with Crippen LogP contribution in [0.25, 0.3) is 0 Å². The van der Waals surface area contributed by atoms with E-state index < -0.39 is 18.0 Å². The van der Waals surface area contributed by atoms with Gasteiger partial charge in [-0.15, -0.1) is 0 Å². The maximum atomic E-state index is 11.3. The number of ether oxygens (including phenoxy) is 2. The molecule has 2 N–H and O–H groups in total. The summed E-state index contributed by atoms with van der Waals surface area (Å²) in [5.74, 6) is -1.33. The van der Waals surface area contributed by atoms with Crippen LogP contribution in [0.15, 0.2) is 12.3 Å². The van der Waals surface area contributed by atoms with Gasteiger partial charge in [0.25, 0.3) is 0 Å². The summed E-state index contributed by atoms with van der Waals surface area (Å²) in [6.07, 6.45) is -0.247. The first-order chi connectivity index (χ1) is 8.90. The number of esters is 1. The highest BCUT2D eigenvalue weighted by atomic mass is 16.5. The highest BCUT2D eigenvalue weighted by Crippen LogP contribution is 2.26. The zero-order valence-corrected chi connectivity index (χ0v) is 11.0. The van der Waals surface area contributed by atoms with Crippen molar-refractivity contribution in [3.8, 4) is 0 Å². The second-order valence-corrected chi connectivity index (χ2v) is 4.71. The van der Waals surface area contributed by atoms with E-state index in [-0.39, 0.29) is 31.5 Å². The minimum Gasteiger partial charge on any atom is -0.495 e. The van der Waals surface area contributed by atoms with Gasteiger partial charge in [0, 0.05) is 6.42 Å². The lowest BCUT2D eigenvalue weighted by atomic mass is 9.95. The zero-order chi connectivity index (χ0) is 14.4. The van der Waals surface area contributed by atoms with Gasteiger partial charge in [-0.25, -0.2) is 0 Å². The molecule has 0 radical (unpaired) electrons. The van der Waals surface area contributed by atoms with Crippen molar-refractivity contribution in [2.24, 2.45) is 5.92 Å². The van der Waals surface area contributed by atoms with Crippen molar-refractivity contribution in [2.45, 2.75) is 44.8 Å². The molecule has 1 heterocycles. The molecule has 108 valence electrons. The van der Waals surface area contributed by atoms with Gasteiger partial charge in [0.05, 0.1) is 30.6 Å². The third-order valence-electron chi connectivity index (χ3n) is 3.15. The van der Waals surface area contributed by atoms with Crippen molar-refractivity contribution in [1.29, 1.82) is 0 Å². The molecular weight excluding hydrogens is 252 g/mol. The first kappa shape index (κ1) is 15.5. The van der Waals surface area contributed by atoms with Gasteiger partial charge >= 0.3 is 11.9 Å². The van der Waals surface area contributed by atoms with E-state index in [9.17, 15) is 14.7 Å². The van der Waals surface area contributed by atoms with E-state index in [0.717, 1.165) is 0 Å². The molecule has 0 spiro atoms. The summed E-state index contributed by atoms with van der Waals surface area (Å²) in [6.45, 7) is 5.54. The van der Waals surface area contributed by atoms with E-state index in [4.69, 9.17) is 14.6 Å². The Bertz CT molecular complexity index is 351. The van der Waals surface area contributed by atoms with Crippen molar-refractivity contribution >= 4 is 11.9 Å². The first-order valence-corrected chi connectivity index (χ1v) is 6.30. The van der Waals surface area contributed by atoms with E-state index in [1.165, 1.54) is 0 Å². The lowest BCUT2D eigenvalue weighted by Gasteiger charge is -2.25. The SMILES string of the molecule is C=C1CCC(O)[C@@H](COC(=O)CCC(=O)O)C(C)O1. The van der Waals surface area contributed by atoms with Gasteiger partial charge in [0.2, 0.25) is 0 Å². The molecule has 2 unspecified atom stereocenters. The number of aliphatic hydroxyl groups is 1. The summed E-state index contributed by atoms with van der Waals surface area (Å²) in [7, 11) is 0. The van der Waals surface area contributed by atoms with Gasteiger partial charge in [0.15, 0.2) is 0 Å². The lowest BCUT2D eigenvalue weighted by molar-refractivity contribution is -0.151. The highest BCUT2D eigenvalue weighted by molar-refractivity contribution is 5.76. The molecule has 3 atom stereocenters. The third-order valence-corrected chi connectivity index (χ3v) is 3.15. The standard InChI is InChI=1S/C13H20O6/c1-8-3-4-11(14)10(9(2)19-8)7-18-13(17)6-5-12(15)16/h9-11,14H,1,3-7H2,2H3,(H,15,16)/t9?,10-,11?/m0/s1. The molecule has 0 amide bonds. The van der Waals surface area contributed by atoms with Crippen LogP contribution in [-0.2, 0) is 19.1 Å². The molecule has 19 heavy (non-hydrogen) atoms. The minimum absolute atomic E-state index is 0.0219. The second kappa shape index (κ2) is 7.13. The Balaban J connectivity index is 2.43. The summed E-state index contributed by atoms with van der Waals surface area (Å²) < 4.78 is 10.5. The van der Waals surface area contributed by atoms with E-state index in [1.54, 1.807) is 6.92 Å². The Kier molecular flexibility index (Phi) is 5.82. The van der Waals surface area contributed by atoms with E-state index in [0.29, 0.717) is 18.6 Å². The smallest absolute Gasteiger partial charge is 0.306 e.